The summed E-state index contributed by atoms with van der Waals surface area (Å²) in [6.45, 7) is 0.811. The van der Waals surface area contributed by atoms with Gasteiger partial charge in [-0.3, -0.25) is 0 Å². The molecule has 0 fully saturated rings. The highest BCUT2D eigenvalue weighted by Crippen LogP contribution is 2.09. The number of aliphatic hydroxyl groups is 1. The molecule has 0 saturated heterocycles. The Bertz CT molecular complexity index is 566. The van der Waals surface area contributed by atoms with Gasteiger partial charge in [-0.1, -0.05) is 54.6 Å². The van der Waals surface area contributed by atoms with E-state index in [2.05, 4.69) is 0 Å². The molecule has 0 atom stereocenters. The molecule has 110 valence electrons. The van der Waals surface area contributed by atoms with Crippen LogP contribution >= 0.6 is 0 Å². The SMILES string of the molecule is O=C(O)N(CCc1ccccc1)Cc1ccc(CO)cc1. The summed E-state index contributed by atoms with van der Waals surface area (Å²) in [5.41, 5.74) is 2.87. The highest BCUT2D eigenvalue weighted by molar-refractivity contribution is 5.65. The summed E-state index contributed by atoms with van der Waals surface area (Å²) < 4.78 is 0. The Labute approximate surface area is 124 Å². The lowest BCUT2D eigenvalue weighted by Crippen LogP contribution is -2.30. The van der Waals surface area contributed by atoms with Crippen molar-refractivity contribution in [1.82, 2.24) is 4.90 Å². The zero-order chi connectivity index (χ0) is 15.1. The summed E-state index contributed by atoms with van der Waals surface area (Å²) >= 11 is 0. The summed E-state index contributed by atoms with van der Waals surface area (Å²) in [5, 5.41) is 18.3. The van der Waals surface area contributed by atoms with Gasteiger partial charge in [0.25, 0.3) is 0 Å². The van der Waals surface area contributed by atoms with E-state index in [9.17, 15) is 9.90 Å². The lowest BCUT2D eigenvalue weighted by molar-refractivity contribution is 0.143. The van der Waals surface area contributed by atoms with Crippen molar-refractivity contribution in [2.24, 2.45) is 0 Å². The van der Waals surface area contributed by atoms with Crippen LogP contribution in [0.25, 0.3) is 0 Å². The van der Waals surface area contributed by atoms with E-state index in [4.69, 9.17) is 5.11 Å². The van der Waals surface area contributed by atoms with Crippen LogP contribution in [0.4, 0.5) is 4.79 Å². The van der Waals surface area contributed by atoms with Gasteiger partial charge in [-0.25, -0.2) is 4.79 Å². The molecule has 0 bridgehead atoms. The summed E-state index contributed by atoms with van der Waals surface area (Å²) in [4.78, 5) is 12.7. The molecule has 4 nitrogen and oxygen atoms in total. The Kier molecular flexibility index (Phi) is 5.35. The van der Waals surface area contributed by atoms with Crippen molar-refractivity contribution in [3.8, 4) is 0 Å². The Balaban J connectivity index is 1.96. The molecule has 21 heavy (non-hydrogen) atoms. The molecule has 0 aliphatic heterocycles. The van der Waals surface area contributed by atoms with Crippen molar-refractivity contribution in [2.75, 3.05) is 6.54 Å². The fourth-order valence-corrected chi connectivity index (χ4v) is 2.12. The number of carboxylic acid groups (broad SMARTS) is 1. The van der Waals surface area contributed by atoms with Crippen LogP contribution in [0, 0.1) is 0 Å². The number of aliphatic hydroxyl groups excluding tert-OH is 1. The number of amides is 1. The van der Waals surface area contributed by atoms with Gasteiger partial charge in [0.05, 0.1) is 6.61 Å². The molecule has 0 aliphatic carbocycles. The zero-order valence-corrected chi connectivity index (χ0v) is 11.8. The number of hydrogen-bond donors (Lipinski definition) is 2. The first-order valence-corrected chi connectivity index (χ1v) is 6.89. The Morgan fingerprint density at radius 2 is 1.52 bits per heavy atom. The second-order valence-electron chi connectivity index (χ2n) is 4.91. The first-order valence-electron chi connectivity index (χ1n) is 6.89. The Morgan fingerprint density at radius 1 is 0.905 bits per heavy atom. The number of rotatable bonds is 6. The Morgan fingerprint density at radius 3 is 2.10 bits per heavy atom. The highest BCUT2D eigenvalue weighted by Gasteiger charge is 2.12. The topological polar surface area (TPSA) is 60.8 Å². The molecule has 4 heteroatoms. The number of hydrogen-bond acceptors (Lipinski definition) is 2. The minimum Gasteiger partial charge on any atom is -0.465 e. The molecule has 0 unspecified atom stereocenters. The van der Waals surface area contributed by atoms with Crippen molar-refractivity contribution in [1.29, 1.82) is 0 Å². The average Bonchev–Trinajstić information content (AvgIpc) is 2.52. The van der Waals surface area contributed by atoms with Gasteiger partial charge in [-0.2, -0.15) is 0 Å². The van der Waals surface area contributed by atoms with Crippen LogP contribution in [0.3, 0.4) is 0 Å². The predicted octanol–water partition coefficient (Wildman–Crippen LogP) is 2.90. The zero-order valence-electron chi connectivity index (χ0n) is 11.8. The summed E-state index contributed by atoms with van der Waals surface area (Å²) in [5.74, 6) is 0. The lowest BCUT2D eigenvalue weighted by atomic mass is 10.1. The standard InChI is InChI=1S/C17H19NO3/c19-13-16-8-6-15(7-9-16)12-18(17(20)21)11-10-14-4-2-1-3-5-14/h1-9,19H,10-13H2,(H,20,21). The third-order valence-corrected chi connectivity index (χ3v) is 3.36. The molecule has 2 aromatic rings. The van der Waals surface area contributed by atoms with E-state index in [1.54, 1.807) is 0 Å². The van der Waals surface area contributed by atoms with E-state index in [0.717, 1.165) is 16.7 Å². The third-order valence-electron chi connectivity index (χ3n) is 3.36. The van der Waals surface area contributed by atoms with Crippen LogP contribution < -0.4 is 0 Å². The summed E-state index contributed by atoms with van der Waals surface area (Å²) in [6.07, 6.45) is -0.223. The monoisotopic (exact) mass is 285 g/mol. The molecule has 1 amide bonds. The largest absolute Gasteiger partial charge is 0.465 e. The van der Waals surface area contributed by atoms with Crippen LogP contribution in [0.5, 0.6) is 0 Å². The van der Waals surface area contributed by atoms with Gasteiger partial charge >= 0.3 is 6.09 Å². The first kappa shape index (κ1) is 15.1. The van der Waals surface area contributed by atoms with Crippen LogP contribution in [-0.4, -0.2) is 27.8 Å². The minimum absolute atomic E-state index is 0.00304. The maximum Gasteiger partial charge on any atom is 0.407 e. The fourth-order valence-electron chi connectivity index (χ4n) is 2.12. The van der Waals surface area contributed by atoms with Gasteiger partial charge in [0.15, 0.2) is 0 Å². The van der Waals surface area contributed by atoms with Crippen LogP contribution in [-0.2, 0) is 19.6 Å². The molecule has 2 aromatic carbocycles. The maximum atomic E-state index is 11.3. The second-order valence-corrected chi connectivity index (χ2v) is 4.91. The van der Waals surface area contributed by atoms with Crippen molar-refractivity contribution >= 4 is 6.09 Å². The summed E-state index contributed by atoms with van der Waals surface area (Å²) in [6, 6.07) is 17.2. The number of benzene rings is 2. The minimum atomic E-state index is -0.919. The molecule has 0 heterocycles. The molecular weight excluding hydrogens is 266 g/mol. The molecule has 0 saturated carbocycles. The van der Waals surface area contributed by atoms with E-state index >= 15 is 0 Å². The molecule has 2 rings (SSSR count). The molecule has 0 spiro atoms. The molecule has 2 N–H and O–H groups in total. The van der Waals surface area contributed by atoms with Crippen LogP contribution in [0.2, 0.25) is 0 Å². The van der Waals surface area contributed by atoms with Crippen molar-refractivity contribution in [3.05, 3.63) is 71.3 Å². The van der Waals surface area contributed by atoms with Crippen molar-refractivity contribution in [2.45, 2.75) is 19.6 Å². The third kappa shape index (κ3) is 4.61. The van der Waals surface area contributed by atoms with E-state index < -0.39 is 6.09 Å². The normalized spacial score (nSPS) is 10.3. The predicted molar refractivity (Wildman–Crippen MR) is 80.9 cm³/mol. The van der Waals surface area contributed by atoms with E-state index in [-0.39, 0.29) is 6.61 Å². The average molecular weight is 285 g/mol. The van der Waals surface area contributed by atoms with E-state index in [0.29, 0.717) is 19.5 Å². The fraction of sp³-hybridized carbons (Fsp3) is 0.235. The van der Waals surface area contributed by atoms with Crippen molar-refractivity contribution < 1.29 is 15.0 Å². The molecule has 0 aliphatic rings. The van der Waals surface area contributed by atoms with E-state index in [1.807, 2.05) is 54.6 Å². The first-order chi connectivity index (χ1) is 10.2. The lowest BCUT2D eigenvalue weighted by Gasteiger charge is -2.19. The second kappa shape index (κ2) is 7.45. The van der Waals surface area contributed by atoms with Gasteiger partial charge in [-0.15, -0.1) is 0 Å². The maximum absolute atomic E-state index is 11.3. The summed E-state index contributed by atoms with van der Waals surface area (Å²) in [7, 11) is 0. The van der Waals surface area contributed by atoms with E-state index in [1.165, 1.54) is 4.90 Å². The quantitative estimate of drug-likeness (QED) is 0.858. The molecule has 0 aromatic heterocycles. The van der Waals surface area contributed by atoms with Gasteiger partial charge in [0, 0.05) is 13.1 Å². The van der Waals surface area contributed by atoms with Gasteiger partial charge < -0.3 is 15.1 Å². The highest BCUT2D eigenvalue weighted by atomic mass is 16.4. The number of carbonyl (C=O) groups is 1. The Hall–Kier alpha value is -2.33. The van der Waals surface area contributed by atoms with Crippen LogP contribution in [0.15, 0.2) is 54.6 Å². The number of nitrogens with zero attached hydrogens (tertiary/aromatic N) is 1. The van der Waals surface area contributed by atoms with Gasteiger partial charge in [0.2, 0.25) is 0 Å². The van der Waals surface area contributed by atoms with Crippen LogP contribution in [0.1, 0.15) is 16.7 Å². The molecule has 0 radical (unpaired) electrons. The smallest absolute Gasteiger partial charge is 0.407 e. The van der Waals surface area contributed by atoms with Crippen molar-refractivity contribution in [3.63, 3.8) is 0 Å². The molecular formula is C17H19NO3. The van der Waals surface area contributed by atoms with Gasteiger partial charge in [0.1, 0.15) is 0 Å². The van der Waals surface area contributed by atoms with Gasteiger partial charge in [-0.05, 0) is 23.1 Å².